The van der Waals surface area contributed by atoms with Gasteiger partial charge >= 0.3 is 11.7 Å². The summed E-state index contributed by atoms with van der Waals surface area (Å²) >= 11 is 0. The van der Waals surface area contributed by atoms with Gasteiger partial charge in [0.15, 0.2) is 6.61 Å². The summed E-state index contributed by atoms with van der Waals surface area (Å²) in [4.78, 5) is 48.8. The Labute approximate surface area is 142 Å². The fraction of sp³-hybridized carbons (Fsp3) is 0.176. The normalized spacial score (nSPS) is 10.8. The number of benzene rings is 1. The third-order valence-corrected chi connectivity index (χ3v) is 3.48. The zero-order valence-electron chi connectivity index (χ0n) is 13.7. The minimum atomic E-state index is -0.920. The van der Waals surface area contributed by atoms with E-state index in [2.05, 4.69) is 0 Å². The summed E-state index contributed by atoms with van der Waals surface area (Å²) in [5, 5.41) is 0. The Morgan fingerprint density at radius 3 is 2.52 bits per heavy atom. The quantitative estimate of drug-likeness (QED) is 0.460. The maximum atomic E-state index is 12.0. The smallest absolute Gasteiger partial charge is 0.331 e. The summed E-state index contributed by atoms with van der Waals surface area (Å²) in [5.41, 5.74) is 5.42. The number of H-pyrrole nitrogens is 1. The van der Waals surface area contributed by atoms with Crippen molar-refractivity contribution in [2.75, 3.05) is 12.3 Å². The van der Waals surface area contributed by atoms with E-state index >= 15 is 0 Å². The Kier molecular flexibility index (Phi) is 5.33. The number of ketones is 1. The topological polar surface area (TPSA) is 124 Å². The molecule has 0 unspecified atom stereocenters. The molecular weight excluding hydrogens is 326 g/mol. The summed E-state index contributed by atoms with van der Waals surface area (Å²) in [6.07, 6.45) is 2.71. The van der Waals surface area contributed by atoms with Gasteiger partial charge in [0.05, 0.1) is 0 Å². The second-order valence-corrected chi connectivity index (χ2v) is 5.35. The number of aromatic nitrogens is 2. The molecule has 0 amide bonds. The molecule has 0 aliphatic heterocycles. The number of hydrogen-bond acceptors (Lipinski definition) is 6. The van der Waals surface area contributed by atoms with E-state index in [1.165, 1.54) is 13.1 Å². The van der Waals surface area contributed by atoms with Gasteiger partial charge in [-0.2, -0.15) is 0 Å². The predicted molar refractivity (Wildman–Crippen MR) is 92.2 cm³/mol. The van der Waals surface area contributed by atoms with Crippen molar-refractivity contribution in [3.8, 4) is 0 Å². The molecular formula is C17H17N3O5. The molecule has 0 saturated carbocycles. The lowest BCUT2D eigenvalue weighted by atomic mass is 10.1. The molecule has 2 aromatic rings. The molecule has 0 fully saturated rings. The van der Waals surface area contributed by atoms with E-state index in [-0.39, 0.29) is 5.82 Å². The summed E-state index contributed by atoms with van der Waals surface area (Å²) < 4.78 is 5.74. The number of nitrogens with two attached hydrogens (primary N) is 1. The lowest BCUT2D eigenvalue weighted by Gasteiger charge is -2.07. The van der Waals surface area contributed by atoms with Gasteiger partial charge in [-0.3, -0.25) is 19.1 Å². The van der Waals surface area contributed by atoms with Gasteiger partial charge in [-0.05, 0) is 18.6 Å². The van der Waals surface area contributed by atoms with Gasteiger partial charge < -0.3 is 10.5 Å². The van der Waals surface area contributed by atoms with E-state index in [9.17, 15) is 19.2 Å². The maximum absolute atomic E-state index is 12.0. The molecule has 1 aromatic carbocycles. The predicted octanol–water partition coefficient (Wildman–Crippen LogP) is 0.404. The lowest BCUT2D eigenvalue weighted by molar-refractivity contribution is -0.136. The molecule has 8 nitrogen and oxygen atoms in total. The molecule has 8 heteroatoms. The number of nitrogens with zero attached hydrogens (tertiary/aromatic N) is 1. The summed E-state index contributed by atoms with van der Waals surface area (Å²) in [6.45, 7) is 1.28. The van der Waals surface area contributed by atoms with Crippen LogP contribution in [0.15, 0.2) is 39.9 Å². The van der Waals surface area contributed by atoms with Gasteiger partial charge in [-0.25, -0.2) is 9.59 Å². The fourth-order valence-corrected chi connectivity index (χ4v) is 2.01. The number of esters is 1. The zero-order chi connectivity index (χ0) is 18.6. The van der Waals surface area contributed by atoms with Crippen LogP contribution in [0.1, 0.15) is 21.5 Å². The van der Waals surface area contributed by atoms with Crippen LogP contribution in [-0.4, -0.2) is 27.9 Å². The molecule has 0 atom stereocenters. The first-order valence-corrected chi connectivity index (χ1v) is 7.33. The number of nitrogen functional groups attached to an aromatic ring is 1. The van der Waals surface area contributed by atoms with E-state index in [0.29, 0.717) is 0 Å². The van der Waals surface area contributed by atoms with E-state index in [1.54, 1.807) is 6.08 Å². The second-order valence-electron chi connectivity index (χ2n) is 5.35. The average Bonchev–Trinajstić information content (AvgIpc) is 2.57. The van der Waals surface area contributed by atoms with Crippen LogP contribution in [0.4, 0.5) is 5.82 Å². The number of ether oxygens (including phenoxy) is 1. The van der Waals surface area contributed by atoms with Gasteiger partial charge in [-0.1, -0.05) is 29.8 Å². The van der Waals surface area contributed by atoms with Gasteiger partial charge in [0, 0.05) is 13.1 Å². The third-order valence-electron chi connectivity index (χ3n) is 3.48. The number of carbonyl (C=O) groups is 2. The number of aromatic amines is 1. The highest BCUT2D eigenvalue weighted by Crippen LogP contribution is 2.06. The van der Waals surface area contributed by atoms with Gasteiger partial charge in [0.25, 0.3) is 5.56 Å². The zero-order valence-corrected chi connectivity index (χ0v) is 13.7. The molecule has 0 aliphatic carbocycles. The Hall–Kier alpha value is -3.42. The number of carbonyl (C=O) groups excluding carboxylic acids is 2. The first-order valence-electron chi connectivity index (χ1n) is 7.33. The number of nitrogens with one attached hydrogen (secondary N) is 1. The highest BCUT2D eigenvalue weighted by molar-refractivity contribution is 6.01. The van der Waals surface area contributed by atoms with Crippen molar-refractivity contribution in [1.82, 2.24) is 9.55 Å². The van der Waals surface area contributed by atoms with Crippen molar-refractivity contribution in [3.05, 3.63) is 67.9 Å². The first kappa shape index (κ1) is 17.9. The largest absolute Gasteiger partial charge is 0.454 e. The molecule has 0 saturated heterocycles. The maximum Gasteiger partial charge on any atom is 0.331 e. The van der Waals surface area contributed by atoms with Crippen LogP contribution in [0.25, 0.3) is 6.08 Å². The SMILES string of the molecule is Cc1ccc(/C=C/C(=O)OCC(=O)c2c(N)n(C)c(=O)[nH]c2=O)cc1. The van der Waals surface area contributed by atoms with Crippen molar-refractivity contribution in [1.29, 1.82) is 0 Å². The molecule has 25 heavy (non-hydrogen) atoms. The Morgan fingerprint density at radius 1 is 1.24 bits per heavy atom. The lowest BCUT2D eigenvalue weighted by Crippen LogP contribution is -2.35. The summed E-state index contributed by atoms with van der Waals surface area (Å²) in [6, 6.07) is 7.44. The number of Topliss-reactive ketones (excluding diaryl/α,β-unsaturated/α-hetero) is 1. The Balaban J connectivity index is 2.04. The Bertz CT molecular complexity index is 952. The van der Waals surface area contributed by atoms with Crippen LogP contribution in [-0.2, 0) is 16.6 Å². The molecule has 1 heterocycles. The van der Waals surface area contributed by atoms with Crippen molar-refractivity contribution < 1.29 is 14.3 Å². The van der Waals surface area contributed by atoms with Crippen LogP contribution in [0.2, 0.25) is 0 Å². The number of anilines is 1. The van der Waals surface area contributed by atoms with E-state index in [1.807, 2.05) is 36.2 Å². The highest BCUT2D eigenvalue weighted by atomic mass is 16.5. The standard InChI is InChI=1S/C17H17N3O5/c1-10-3-5-11(6-4-10)7-8-13(22)25-9-12(21)14-15(18)20(2)17(24)19-16(14)23/h3-8H,9,18H2,1-2H3,(H,19,23,24)/b8-7+. The van der Waals surface area contributed by atoms with Gasteiger partial charge in [0.1, 0.15) is 11.4 Å². The minimum Gasteiger partial charge on any atom is -0.454 e. The number of rotatable bonds is 5. The van der Waals surface area contributed by atoms with Gasteiger partial charge in [0.2, 0.25) is 5.78 Å². The Morgan fingerprint density at radius 2 is 1.88 bits per heavy atom. The average molecular weight is 343 g/mol. The molecule has 0 radical (unpaired) electrons. The van der Waals surface area contributed by atoms with Crippen LogP contribution >= 0.6 is 0 Å². The van der Waals surface area contributed by atoms with Crippen LogP contribution in [0.5, 0.6) is 0 Å². The molecule has 0 spiro atoms. The first-order chi connectivity index (χ1) is 11.8. The minimum absolute atomic E-state index is 0.287. The number of aryl methyl sites for hydroxylation is 1. The van der Waals surface area contributed by atoms with Crippen LogP contribution in [0, 0.1) is 6.92 Å². The molecule has 0 aliphatic rings. The highest BCUT2D eigenvalue weighted by Gasteiger charge is 2.19. The van der Waals surface area contributed by atoms with Crippen LogP contribution in [0.3, 0.4) is 0 Å². The molecule has 2 rings (SSSR count). The van der Waals surface area contributed by atoms with Crippen molar-refractivity contribution in [2.24, 2.45) is 7.05 Å². The molecule has 3 N–H and O–H groups in total. The monoisotopic (exact) mass is 343 g/mol. The van der Waals surface area contributed by atoms with Crippen molar-refractivity contribution in [3.63, 3.8) is 0 Å². The van der Waals surface area contributed by atoms with Crippen LogP contribution < -0.4 is 17.0 Å². The van der Waals surface area contributed by atoms with Crippen molar-refractivity contribution in [2.45, 2.75) is 6.92 Å². The van der Waals surface area contributed by atoms with E-state index in [0.717, 1.165) is 15.7 Å². The number of hydrogen-bond donors (Lipinski definition) is 2. The molecule has 1 aromatic heterocycles. The fourth-order valence-electron chi connectivity index (χ4n) is 2.01. The summed E-state index contributed by atoms with van der Waals surface area (Å²) in [5.74, 6) is -1.83. The third kappa shape index (κ3) is 4.31. The van der Waals surface area contributed by atoms with E-state index < -0.39 is 35.2 Å². The molecule has 0 bridgehead atoms. The van der Waals surface area contributed by atoms with Crippen molar-refractivity contribution >= 4 is 23.6 Å². The summed E-state index contributed by atoms with van der Waals surface area (Å²) in [7, 11) is 1.31. The molecule has 130 valence electrons. The van der Waals surface area contributed by atoms with Gasteiger partial charge in [-0.15, -0.1) is 0 Å². The second kappa shape index (κ2) is 7.43. The van der Waals surface area contributed by atoms with E-state index in [4.69, 9.17) is 10.5 Å².